The monoisotopic (exact) mass is 367 g/mol. The Bertz CT molecular complexity index is 821. The molecule has 0 unspecified atom stereocenters. The van der Waals surface area contributed by atoms with E-state index in [1.165, 1.54) is 32.1 Å². The molecule has 144 valence electrons. The third-order valence-electron chi connectivity index (χ3n) is 5.33. The van der Waals surface area contributed by atoms with Crippen LogP contribution in [0.2, 0.25) is 0 Å². The van der Waals surface area contributed by atoms with Gasteiger partial charge in [0.05, 0.1) is 12.2 Å². The number of nitrogens with zero attached hydrogens (tertiary/aromatic N) is 1. The highest BCUT2D eigenvalue weighted by atomic mass is 16.1. The van der Waals surface area contributed by atoms with Gasteiger partial charge in [-0.1, -0.05) is 76.3 Å². The van der Waals surface area contributed by atoms with Crippen molar-refractivity contribution in [2.45, 2.75) is 58.3 Å². The fraction of sp³-hybridized carbons (Fsp3) is 0.500. The summed E-state index contributed by atoms with van der Waals surface area (Å²) < 4.78 is 0. The third kappa shape index (κ3) is 5.06. The molecule has 0 radical (unpaired) electrons. The van der Waals surface area contributed by atoms with Crippen LogP contribution in [-0.2, 0) is 6.42 Å². The van der Waals surface area contributed by atoms with E-state index in [0.29, 0.717) is 17.4 Å². The Morgan fingerprint density at radius 2 is 1.89 bits per heavy atom. The van der Waals surface area contributed by atoms with Crippen LogP contribution in [-0.4, -0.2) is 22.3 Å². The second kappa shape index (κ2) is 8.98. The molecule has 1 saturated carbocycles. The number of Topliss-reactive ketones (excluding diaryl/α,β-unsaturated/α-hetero) is 1. The summed E-state index contributed by atoms with van der Waals surface area (Å²) in [5.41, 5.74) is 2.21. The van der Waals surface area contributed by atoms with Crippen LogP contribution in [0.5, 0.6) is 0 Å². The van der Waals surface area contributed by atoms with Gasteiger partial charge in [0.2, 0.25) is 5.95 Å². The lowest BCUT2D eigenvalue weighted by molar-refractivity contribution is 0.101. The molecular weight excluding hydrogens is 338 g/mol. The van der Waals surface area contributed by atoms with E-state index >= 15 is 0 Å². The van der Waals surface area contributed by atoms with Gasteiger partial charge in [0, 0.05) is 11.1 Å². The lowest BCUT2D eigenvalue weighted by Crippen LogP contribution is -2.25. The number of ketones is 1. The maximum absolute atomic E-state index is 12.6. The van der Waals surface area contributed by atoms with Crippen LogP contribution >= 0.6 is 0 Å². The third-order valence-corrected chi connectivity index (χ3v) is 5.33. The first-order chi connectivity index (χ1) is 13.0. The van der Waals surface area contributed by atoms with Crippen LogP contribution in [0.15, 0.2) is 35.1 Å². The molecule has 0 aliphatic heterocycles. The van der Waals surface area contributed by atoms with Crippen molar-refractivity contribution in [1.29, 1.82) is 0 Å². The number of nitrogens with one attached hydrogen (secondary N) is 2. The van der Waals surface area contributed by atoms with Gasteiger partial charge < -0.3 is 5.32 Å². The number of anilines is 1. The largest absolute Gasteiger partial charge is 0.348 e. The lowest BCUT2D eigenvalue weighted by atomic mass is 9.84. The molecule has 2 aromatic rings. The summed E-state index contributed by atoms with van der Waals surface area (Å²) in [6.07, 6.45) is 7.11. The van der Waals surface area contributed by atoms with E-state index in [1.54, 1.807) is 12.1 Å². The number of carbonyl (C=O) groups excluding carboxylic acids is 1. The number of hydrogen-bond acceptors (Lipinski definition) is 4. The Morgan fingerprint density at radius 1 is 1.19 bits per heavy atom. The molecule has 1 aliphatic rings. The average molecular weight is 367 g/mol. The van der Waals surface area contributed by atoms with Gasteiger partial charge in [0.1, 0.15) is 0 Å². The summed E-state index contributed by atoms with van der Waals surface area (Å²) in [7, 11) is 0. The van der Waals surface area contributed by atoms with Gasteiger partial charge in [0.15, 0.2) is 5.78 Å². The van der Waals surface area contributed by atoms with Crippen LogP contribution in [0.3, 0.4) is 0 Å². The van der Waals surface area contributed by atoms with E-state index < -0.39 is 0 Å². The number of H-pyrrole nitrogens is 1. The summed E-state index contributed by atoms with van der Waals surface area (Å²) in [6, 6.07) is 9.14. The number of aromatic amines is 1. The van der Waals surface area contributed by atoms with Crippen LogP contribution < -0.4 is 10.9 Å². The zero-order valence-corrected chi connectivity index (χ0v) is 16.3. The van der Waals surface area contributed by atoms with Crippen molar-refractivity contribution in [3.05, 3.63) is 57.5 Å². The molecule has 1 heterocycles. The highest BCUT2D eigenvalue weighted by Crippen LogP contribution is 2.28. The molecule has 0 bridgehead atoms. The Morgan fingerprint density at radius 3 is 2.56 bits per heavy atom. The smallest absolute Gasteiger partial charge is 0.255 e. The van der Waals surface area contributed by atoms with Crippen molar-refractivity contribution >= 4 is 11.7 Å². The Balaban J connectivity index is 1.77. The molecule has 0 spiro atoms. The summed E-state index contributed by atoms with van der Waals surface area (Å²) >= 11 is 0. The highest BCUT2D eigenvalue weighted by Gasteiger charge is 2.20. The van der Waals surface area contributed by atoms with Gasteiger partial charge >= 0.3 is 0 Å². The predicted octanol–water partition coefficient (Wildman–Crippen LogP) is 4.31. The van der Waals surface area contributed by atoms with Crippen molar-refractivity contribution in [3.63, 3.8) is 0 Å². The van der Waals surface area contributed by atoms with E-state index in [9.17, 15) is 9.59 Å². The fourth-order valence-electron chi connectivity index (χ4n) is 3.92. The first-order valence-electron chi connectivity index (χ1n) is 9.99. The molecule has 1 aromatic carbocycles. The van der Waals surface area contributed by atoms with Crippen molar-refractivity contribution < 1.29 is 4.79 Å². The van der Waals surface area contributed by atoms with Crippen molar-refractivity contribution in [3.8, 4) is 0 Å². The van der Waals surface area contributed by atoms with Crippen LogP contribution in [0.25, 0.3) is 0 Å². The Labute approximate surface area is 160 Å². The van der Waals surface area contributed by atoms with Crippen molar-refractivity contribution in [1.82, 2.24) is 9.97 Å². The molecule has 0 saturated heterocycles. The van der Waals surface area contributed by atoms with Gasteiger partial charge in [-0.25, -0.2) is 4.98 Å². The summed E-state index contributed by atoms with van der Waals surface area (Å²) in [5.74, 6) is 1.09. The standard InChI is InChI=1S/C22H29N3O2/c1-15(2)20-18(13-16-9-5-3-6-10-16)24-22(25-21(20)27)23-14-19(26)17-11-7-4-8-12-17/h4,7-8,11-12,15-16H,3,5-6,9-10,13-14H2,1-2H3,(H2,23,24,25,27). The van der Waals surface area contributed by atoms with E-state index in [4.69, 9.17) is 4.98 Å². The van der Waals surface area contributed by atoms with Crippen LogP contribution in [0, 0.1) is 5.92 Å². The van der Waals surface area contributed by atoms with Gasteiger partial charge in [0.25, 0.3) is 5.56 Å². The van der Waals surface area contributed by atoms with Gasteiger partial charge in [-0.3, -0.25) is 14.6 Å². The summed E-state index contributed by atoms with van der Waals surface area (Å²) in [6.45, 7) is 4.17. The molecule has 1 aliphatic carbocycles. The zero-order chi connectivity index (χ0) is 19.2. The molecule has 1 aromatic heterocycles. The van der Waals surface area contributed by atoms with Crippen molar-refractivity contribution in [2.24, 2.45) is 5.92 Å². The first kappa shape index (κ1) is 19.3. The quantitative estimate of drug-likeness (QED) is 0.715. The SMILES string of the molecule is CC(C)c1c(CC2CCCCC2)nc(NCC(=O)c2ccccc2)[nH]c1=O. The maximum atomic E-state index is 12.6. The number of aromatic nitrogens is 2. The van der Waals surface area contributed by atoms with Gasteiger partial charge in [-0.15, -0.1) is 0 Å². The zero-order valence-electron chi connectivity index (χ0n) is 16.3. The van der Waals surface area contributed by atoms with E-state index in [-0.39, 0.29) is 23.8 Å². The molecule has 2 N–H and O–H groups in total. The first-order valence-corrected chi connectivity index (χ1v) is 9.99. The second-order valence-electron chi connectivity index (χ2n) is 7.78. The number of benzene rings is 1. The maximum Gasteiger partial charge on any atom is 0.255 e. The number of hydrogen-bond donors (Lipinski definition) is 2. The highest BCUT2D eigenvalue weighted by molar-refractivity contribution is 5.98. The lowest BCUT2D eigenvalue weighted by Gasteiger charge is -2.23. The van der Waals surface area contributed by atoms with Crippen molar-refractivity contribution in [2.75, 3.05) is 11.9 Å². The number of rotatable bonds is 7. The average Bonchev–Trinajstić information content (AvgIpc) is 2.67. The molecule has 0 amide bonds. The Kier molecular flexibility index (Phi) is 6.43. The fourth-order valence-corrected chi connectivity index (χ4v) is 3.92. The molecule has 5 nitrogen and oxygen atoms in total. The van der Waals surface area contributed by atoms with Crippen LogP contribution in [0.4, 0.5) is 5.95 Å². The predicted molar refractivity (Wildman–Crippen MR) is 108 cm³/mol. The van der Waals surface area contributed by atoms with Gasteiger partial charge in [-0.2, -0.15) is 0 Å². The molecule has 3 rings (SSSR count). The van der Waals surface area contributed by atoms with E-state index in [2.05, 4.69) is 10.3 Å². The Hall–Kier alpha value is -2.43. The molecule has 0 atom stereocenters. The molecule has 27 heavy (non-hydrogen) atoms. The molecular formula is C22H29N3O2. The van der Waals surface area contributed by atoms with E-state index in [0.717, 1.165) is 17.7 Å². The second-order valence-corrected chi connectivity index (χ2v) is 7.78. The normalized spacial score (nSPS) is 15.1. The summed E-state index contributed by atoms with van der Waals surface area (Å²) in [5, 5.41) is 3.01. The summed E-state index contributed by atoms with van der Waals surface area (Å²) in [4.78, 5) is 32.4. The molecule has 5 heteroatoms. The van der Waals surface area contributed by atoms with E-state index in [1.807, 2.05) is 32.0 Å². The number of carbonyl (C=O) groups is 1. The minimum Gasteiger partial charge on any atom is -0.348 e. The van der Waals surface area contributed by atoms with Crippen LogP contribution in [0.1, 0.15) is 73.5 Å². The van der Waals surface area contributed by atoms with Gasteiger partial charge in [-0.05, 0) is 18.3 Å². The minimum atomic E-state index is -0.0968. The molecule has 1 fully saturated rings. The minimum absolute atomic E-state index is 0.0278. The topological polar surface area (TPSA) is 74.8 Å².